The lowest BCUT2D eigenvalue weighted by molar-refractivity contribution is 0.0350. The Bertz CT molecular complexity index is 445. The van der Waals surface area contributed by atoms with Gasteiger partial charge in [0.05, 0.1) is 11.7 Å². The molecule has 1 amide bonds. The van der Waals surface area contributed by atoms with Crippen molar-refractivity contribution in [3.63, 3.8) is 0 Å². The number of likely N-dealkylation sites (tertiary alicyclic amines) is 1. The Morgan fingerprint density at radius 1 is 1.44 bits per heavy atom. The van der Waals surface area contributed by atoms with E-state index >= 15 is 0 Å². The molecule has 1 saturated heterocycles. The second-order valence-electron chi connectivity index (χ2n) is 4.35. The van der Waals surface area contributed by atoms with E-state index in [1.807, 2.05) is 11.0 Å². The molecule has 1 aromatic rings. The predicted molar refractivity (Wildman–Crippen MR) is 80.1 cm³/mol. The summed E-state index contributed by atoms with van der Waals surface area (Å²) in [5.41, 5.74) is 0.732. The van der Waals surface area contributed by atoms with E-state index in [0.717, 1.165) is 35.1 Å². The average molecular weight is 380 g/mol. The molecule has 0 saturated carbocycles. The molecule has 5 heteroatoms. The van der Waals surface area contributed by atoms with Gasteiger partial charge in [0, 0.05) is 28.8 Å². The normalized spacial score (nSPS) is 16.9. The monoisotopic (exact) mass is 379 g/mol. The van der Waals surface area contributed by atoms with Gasteiger partial charge in [-0.15, -0.1) is 0 Å². The molecule has 98 valence electrons. The molecule has 0 aromatic heterocycles. The van der Waals surface area contributed by atoms with Gasteiger partial charge in [-0.2, -0.15) is 0 Å². The highest BCUT2D eigenvalue weighted by atomic mass is 127. The molecule has 1 aromatic carbocycles. The minimum Gasteiger partial charge on any atom is -0.381 e. The van der Waals surface area contributed by atoms with E-state index in [4.69, 9.17) is 16.3 Å². The lowest BCUT2D eigenvalue weighted by Gasteiger charge is -2.31. The number of carbonyl (C=O) groups excluding carboxylic acids is 1. The summed E-state index contributed by atoms with van der Waals surface area (Å²) in [6, 6.07) is 5.38. The number of rotatable bonds is 2. The molecule has 18 heavy (non-hydrogen) atoms. The van der Waals surface area contributed by atoms with E-state index in [2.05, 4.69) is 22.6 Å². The second kappa shape index (κ2) is 6.21. The lowest BCUT2D eigenvalue weighted by Crippen LogP contribution is -2.40. The van der Waals surface area contributed by atoms with Crippen LogP contribution in [0, 0.1) is 3.57 Å². The van der Waals surface area contributed by atoms with E-state index in [0.29, 0.717) is 11.1 Å². The summed E-state index contributed by atoms with van der Waals surface area (Å²) in [6.07, 6.45) is 2.11. The van der Waals surface area contributed by atoms with Crippen molar-refractivity contribution in [1.82, 2.24) is 4.90 Å². The zero-order chi connectivity index (χ0) is 13.1. The Morgan fingerprint density at radius 2 is 2.11 bits per heavy atom. The number of amides is 1. The Labute approximate surface area is 126 Å². The summed E-state index contributed by atoms with van der Waals surface area (Å²) in [7, 11) is 1.73. The molecule has 3 nitrogen and oxygen atoms in total. The minimum absolute atomic E-state index is 0.0885. The molecular formula is C13H15ClINO2. The first kappa shape index (κ1) is 14.1. The SMILES string of the molecule is COC1CCN(C(=O)c2ccc(Cl)cc2I)CC1. The van der Waals surface area contributed by atoms with Gasteiger partial charge >= 0.3 is 0 Å². The van der Waals surface area contributed by atoms with Crippen LogP contribution in [0.3, 0.4) is 0 Å². The highest BCUT2D eigenvalue weighted by molar-refractivity contribution is 14.1. The predicted octanol–water partition coefficient (Wildman–Crippen LogP) is 3.20. The van der Waals surface area contributed by atoms with Crippen LogP contribution < -0.4 is 0 Å². The first-order valence-corrected chi connectivity index (χ1v) is 7.34. The molecule has 0 bridgehead atoms. The van der Waals surface area contributed by atoms with Gasteiger partial charge in [-0.25, -0.2) is 0 Å². The Balaban J connectivity index is 2.08. The van der Waals surface area contributed by atoms with Gasteiger partial charge in [0.1, 0.15) is 0 Å². The summed E-state index contributed by atoms with van der Waals surface area (Å²) in [6.45, 7) is 1.52. The molecule has 1 fully saturated rings. The average Bonchev–Trinajstić information content (AvgIpc) is 2.38. The molecule has 0 radical (unpaired) electrons. The Morgan fingerprint density at radius 3 is 2.67 bits per heavy atom. The largest absolute Gasteiger partial charge is 0.381 e. The van der Waals surface area contributed by atoms with Crippen molar-refractivity contribution in [3.8, 4) is 0 Å². The van der Waals surface area contributed by atoms with Crippen molar-refractivity contribution in [2.45, 2.75) is 18.9 Å². The molecule has 0 N–H and O–H groups in total. The summed E-state index contributed by atoms with van der Waals surface area (Å²) < 4.78 is 6.21. The maximum absolute atomic E-state index is 12.4. The summed E-state index contributed by atoms with van der Waals surface area (Å²) in [5.74, 6) is 0.0885. The van der Waals surface area contributed by atoms with Gasteiger partial charge in [0.25, 0.3) is 5.91 Å². The van der Waals surface area contributed by atoms with Gasteiger partial charge in [-0.05, 0) is 53.6 Å². The van der Waals surface area contributed by atoms with Crippen LogP contribution in [0.15, 0.2) is 18.2 Å². The fourth-order valence-electron chi connectivity index (χ4n) is 2.13. The number of halogens is 2. The molecule has 1 aliphatic heterocycles. The van der Waals surface area contributed by atoms with Crippen molar-refractivity contribution in [2.24, 2.45) is 0 Å². The van der Waals surface area contributed by atoms with E-state index in [9.17, 15) is 4.79 Å². The van der Waals surface area contributed by atoms with Crippen LogP contribution in [0.1, 0.15) is 23.2 Å². The number of benzene rings is 1. The molecule has 1 heterocycles. The number of carbonyl (C=O) groups is 1. The topological polar surface area (TPSA) is 29.5 Å². The van der Waals surface area contributed by atoms with Crippen molar-refractivity contribution >= 4 is 40.1 Å². The van der Waals surface area contributed by atoms with E-state index < -0.39 is 0 Å². The Kier molecular flexibility index (Phi) is 4.86. The van der Waals surface area contributed by atoms with Crippen molar-refractivity contribution in [2.75, 3.05) is 20.2 Å². The highest BCUT2D eigenvalue weighted by Gasteiger charge is 2.24. The molecule has 0 unspecified atom stereocenters. The highest BCUT2D eigenvalue weighted by Crippen LogP contribution is 2.21. The molecule has 0 atom stereocenters. The van der Waals surface area contributed by atoms with E-state index in [1.165, 1.54) is 0 Å². The number of piperidine rings is 1. The lowest BCUT2D eigenvalue weighted by atomic mass is 10.1. The van der Waals surface area contributed by atoms with Crippen molar-refractivity contribution in [1.29, 1.82) is 0 Å². The minimum atomic E-state index is 0.0885. The fourth-order valence-corrected chi connectivity index (χ4v) is 3.23. The summed E-state index contributed by atoms with van der Waals surface area (Å²) >= 11 is 8.05. The maximum Gasteiger partial charge on any atom is 0.254 e. The first-order valence-electron chi connectivity index (χ1n) is 5.89. The third-order valence-electron chi connectivity index (χ3n) is 3.22. The van der Waals surface area contributed by atoms with Crippen LogP contribution in [0.25, 0.3) is 0 Å². The van der Waals surface area contributed by atoms with Gasteiger partial charge < -0.3 is 9.64 Å². The van der Waals surface area contributed by atoms with Gasteiger partial charge in [0.15, 0.2) is 0 Å². The first-order chi connectivity index (χ1) is 8.61. The third kappa shape index (κ3) is 3.16. The Hall–Kier alpha value is -0.330. The van der Waals surface area contributed by atoms with E-state index in [-0.39, 0.29) is 5.91 Å². The summed E-state index contributed by atoms with van der Waals surface area (Å²) in [5, 5.41) is 0.661. The number of ether oxygens (including phenoxy) is 1. The van der Waals surface area contributed by atoms with Gasteiger partial charge in [0.2, 0.25) is 0 Å². The zero-order valence-corrected chi connectivity index (χ0v) is 13.1. The van der Waals surface area contributed by atoms with Crippen molar-refractivity contribution < 1.29 is 9.53 Å². The van der Waals surface area contributed by atoms with Gasteiger partial charge in [-0.3, -0.25) is 4.79 Å². The van der Waals surface area contributed by atoms with Crippen LogP contribution in [-0.4, -0.2) is 37.1 Å². The second-order valence-corrected chi connectivity index (χ2v) is 5.95. The van der Waals surface area contributed by atoms with Crippen LogP contribution in [0.5, 0.6) is 0 Å². The van der Waals surface area contributed by atoms with Crippen LogP contribution >= 0.6 is 34.2 Å². The summed E-state index contributed by atoms with van der Waals surface area (Å²) in [4.78, 5) is 14.3. The number of nitrogens with zero attached hydrogens (tertiary/aromatic N) is 1. The van der Waals surface area contributed by atoms with Crippen LogP contribution in [0.2, 0.25) is 5.02 Å². The maximum atomic E-state index is 12.4. The quantitative estimate of drug-likeness (QED) is 0.739. The molecule has 1 aliphatic rings. The smallest absolute Gasteiger partial charge is 0.254 e. The fraction of sp³-hybridized carbons (Fsp3) is 0.462. The number of hydrogen-bond acceptors (Lipinski definition) is 2. The number of hydrogen-bond donors (Lipinski definition) is 0. The molecule has 0 spiro atoms. The van der Waals surface area contributed by atoms with Crippen LogP contribution in [-0.2, 0) is 4.74 Å². The molecule has 2 rings (SSSR count). The van der Waals surface area contributed by atoms with Gasteiger partial charge in [-0.1, -0.05) is 11.6 Å². The zero-order valence-electron chi connectivity index (χ0n) is 10.2. The molecule has 0 aliphatic carbocycles. The standard InChI is InChI=1S/C13H15ClINO2/c1-18-10-4-6-16(7-5-10)13(17)11-3-2-9(14)8-12(11)15/h2-3,8,10H,4-7H2,1H3. The number of methoxy groups -OCH3 is 1. The third-order valence-corrected chi connectivity index (χ3v) is 4.35. The van der Waals surface area contributed by atoms with E-state index in [1.54, 1.807) is 19.2 Å². The van der Waals surface area contributed by atoms with Crippen molar-refractivity contribution in [3.05, 3.63) is 32.4 Å². The molecular weight excluding hydrogens is 365 g/mol. The van der Waals surface area contributed by atoms with Crippen LogP contribution in [0.4, 0.5) is 0 Å².